The van der Waals surface area contributed by atoms with Crippen molar-refractivity contribution in [3.63, 3.8) is 0 Å². The van der Waals surface area contributed by atoms with Gasteiger partial charge < -0.3 is 43.4 Å². The predicted octanol–water partition coefficient (Wildman–Crippen LogP) is 4.71. The van der Waals surface area contributed by atoms with Crippen LogP contribution in [0.25, 0.3) is 0 Å². The topological polar surface area (TPSA) is 114 Å². The van der Waals surface area contributed by atoms with Gasteiger partial charge in [0.2, 0.25) is 12.5 Å². The van der Waals surface area contributed by atoms with Gasteiger partial charge in [-0.1, -0.05) is 30.3 Å². The van der Waals surface area contributed by atoms with E-state index in [0.717, 1.165) is 48.3 Å². The van der Waals surface area contributed by atoms with Crippen molar-refractivity contribution in [2.24, 2.45) is 11.8 Å². The molecule has 1 N–H and O–H groups in total. The van der Waals surface area contributed by atoms with Crippen LogP contribution in [0.5, 0.6) is 28.7 Å². The molecule has 0 amide bonds. The third-order valence-electron chi connectivity index (χ3n) is 8.92. The third kappa shape index (κ3) is 6.43. The van der Waals surface area contributed by atoms with E-state index in [2.05, 4.69) is 10.2 Å². The average Bonchev–Trinajstić information content (AvgIpc) is 3.68. The van der Waals surface area contributed by atoms with E-state index in [1.54, 1.807) is 0 Å². The lowest BCUT2D eigenvalue weighted by molar-refractivity contribution is -0.142. The maximum absolute atomic E-state index is 13.4. The highest BCUT2D eigenvalue weighted by molar-refractivity contribution is 5.78. The van der Waals surface area contributed by atoms with Gasteiger partial charge in [0.25, 0.3) is 0 Å². The molecule has 46 heavy (non-hydrogen) atoms. The zero-order valence-electron chi connectivity index (χ0n) is 26.6. The molecular formula is C35H40N2O9. The quantitative estimate of drug-likeness (QED) is 0.170. The molecule has 0 aromatic heterocycles. The second-order valence-corrected chi connectivity index (χ2v) is 12.0. The molecule has 4 atom stereocenters. The lowest BCUT2D eigenvalue weighted by Crippen LogP contribution is -2.36. The van der Waals surface area contributed by atoms with Crippen molar-refractivity contribution in [2.45, 2.75) is 24.9 Å². The van der Waals surface area contributed by atoms with Crippen LogP contribution in [-0.2, 0) is 20.9 Å². The molecular weight excluding hydrogens is 592 g/mol. The number of carbonyl (C=O) groups excluding carboxylic acids is 2. The molecule has 0 saturated carbocycles. The number of fused-ring (bicyclic) bond motifs is 3. The van der Waals surface area contributed by atoms with Crippen molar-refractivity contribution in [2.75, 3.05) is 61.3 Å². The summed E-state index contributed by atoms with van der Waals surface area (Å²) in [6, 6.07) is 17.0. The van der Waals surface area contributed by atoms with E-state index in [0.29, 0.717) is 23.0 Å². The van der Waals surface area contributed by atoms with E-state index in [1.165, 1.54) is 14.2 Å². The van der Waals surface area contributed by atoms with Gasteiger partial charge in [-0.3, -0.25) is 4.79 Å². The molecule has 244 valence electrons. The van der Waals surface area contributed by atoms with Crippen molar-refractivity contribution < 1.29 is 42.7 Å². The zero-order chi connectivity index (χ0) is 32.2. The molecule has 11 heteroatoms. The number of hydrogen-bond donors (Lipinski definition) is 1. The van der Waals surface area contributed by atoms with Gasteiger partial charge in [-0.05, 0) is 79.5 Å². The van der Waals surface area contributed by atoms with Crippen LogP contribution in [0.1, 0.15) is 40.5 Å². The zero-order valence-corrected chi connectivity index (χ0v) is 26.6. The number of ether oxygens (including phenoxy) is 7. The summed E-state index contributed by atoms with van der Waals surface area (Å²) in [5, 5.41) is 3.52. The van der Waals surface area contributed by atoms with E-state index in [4.69, 9.17) is 33.2 Å². The van der Waals surface area contributed by atoms with Crippen molar-refractivity contribution in [3.05, 3.63) is 76.9 Å². The van der Waals surface area contributed by atoms with Gasteiger partial charge in [-0.25, -0.2) is 4.79 Å². The van der Waals surface area contributed by atoms with Crippen molar-refractivity contribution >= 4 is 12.1 Å². The Morgan fingerprint density at radius 1 is 0.935 bits per heavy atom. The summed E-state index contributed by atoms with van der Waals surface area (Å²) in [5.41, 5.74) is 3.72. The van der Waals surface area contributed by atoms with Crippen LogP contribution in [0.2, 0.25) is 0 Å². The van der Waals surface area contributed by atoms with Gasteiger partial charge in [0.05, 0.1) is 26.7 Å². The van der Waals surface area contributed by atoms with Crippen LogP contribution in [0.15, 0.2) is 54.6 Å². The Bertz CT molecular complexity index is 1540. The lowest BCUT2D eigenvalue weighted by atomic mass is 9.62. The molecule has 0 spiro atoms. The first-order chi connectivity index (χ1) is 22.4. The molecule has 0 radical (unpaired) electrons. The van der Waals surface area contributed by atoms with Crippen LogP contribution in [0.4, 0.5) is 4.79 Å². The maximum atomic E-state index is 13.4. The summed E-state index contributed by atoms with van der Waals surface area (Å²) in [4.78, 5) is 28.2. The summed E-state index contributed by atoms with van der Waals surface area (Å²) < 4.78 is 39.7. The average molecular weight is 633 g/mol. The fourth-order valence-electron chi connectivity index (χ4n) is 6.76. The van der Waals surface area contributed by atoms with Gasteiger partial charge in [-0.15, -0.1) is 0 Å². The first-order valence-electron chi connectivity index (χ1n) is 15.5. The molecule has 1 saturated heterocycles. The predicted molar refractivity (Wildman–Crippen MR) is 168 cm³/mol. The molecule has 6 rings (SSSR count). The van der Waals surface area contributed by atoms with Crippen molar-refractivity contribution in [1.82, 2.24) is 10.2 Å². The summed E-state index contributed by atoms with van der Waals surface area (Å²) in [6.45, 7) is 3.00. The number of esters is 1. The monoisotopic (exact) mass is 632 g/mol. The van der Waals surface area contributed by atoms with Crippen LogP contribution in [0, 0.1) is 11.8 Å². The number of carbonyl (C=O) groups is 2. The molecule has 3 aromatic carbocycles. The fraction of sp³-hybridized carbons (Fsp3) is 0.429. The van der Waals surface area contributed by atoms with E-state index < -0.39 is 6.16 Å². The summed E-state index contributed by atoms with van der Waals surface area (Å²) >= 11 is 0. The molecule has 0 bridgehead atoms. The molecule has 1 fully saturated rings. The second kappa shape index (κ2) is 13.9. The Labute approximate surface area is 268 Å². The number of cyclic esters (lactones) is 1. The van der Waals surface area contributed by atoms with E-state index in [-0.39, 0.29) is 55.4 Å². The van der Waals surface area contributed by atoms with Gasteiger partial charge in [-0.2, -0.15) is 0 Å². The first kappa shape index (κ1) is 31.5. The van der Waals surface area contributed by atoms with E-state index in [9.17, 15) is 9.59 Å². The largest absolute Gasteiger partial charge is 0.514 e. The minimum Gasteiger partial charge on any atom is -0.493 e. The standard InChI is InChI=1S/C35H40N2O9/c1-37(2)13-12-36-11-10-23-24-16-27-28(45-20-44-27)17-25(24)31(26-19-42-34(38)32(23)26)22-14-29(40-3)33(30(15-22)41-4)46-35(39)43-18-21-8-6-5-7-9-21/h5-9,14-17,23,26,31-32,36H,10-13,18-20H2,1-4H3/t23-,26-,31-,32-/m1/s1. The van der Waals surface area contributed by atoms with E-state index >= 15 is 0 Å². The number of nitrogens with zero attached hydrogens (tertiary/aromatic N) is 1. The number of likely N-dealkylation sites (N-methyl/N-ethyl adjacent to an activating group) is 1. The highest BCUT2D eigenvalue weighted by atomic mass is 16.7. The Morgan fingerprint density at radius 2 is 1.63 bits per heavy atom. The molecule has 2 heterocycles. The Morgan fingerprint density at radius 3 is 2.30 bits per heavy atom. The van der Waals surface area contributed by atoms with Crippen molar-refractivity contribution in [1.29, 1.82) is 0 Å². The number of methoxy groups -OCH3 is 2. The number of nitrogens with one attached hydrogen (secondary N) is 1. The Hall–Kier alpha value is -4.48. The van der Waals surface area contributed by atoms with Gasteiger partial charge in [0.1, 0.15) is 6.61 Å². The maximum Gasteiger partial charge on any atom is 0.514 e. The van der Waals surface area contributed by atoms with Crippen LogP contribution in [-0.4, -0.2) is 78.4 Å². The summed E-state index contributed by atoms with van der Waals surface area (Å²) in [5.74, 6) is 0.987. The normalized spacial score (nSPS) is 20.9. The number of benzene rings is 3. The smallest absolute Gasteiger partial charge is 0.493 e. The highest BCUT2D eigenvalue weighted by Gasteiger charge is 2.52. The summed E-state index contributed by atoms with van der Waals surface area (Å²) in [6.07, 6.45) is -0.131. The molecule has 3 aliphatic rings. The SMILES string of the molecule is COc1cc([C@@H]2c3cc4c(cc3[C@@H](CCNCCN(C)C)[C@H]3C(=O)OC[C@H]23)OCO4)cc(OC)c1OC(=O)OCc1ccccc1. The van der Waals surface area contributed by atoms with Gasteiger partial charge >= 0.3 is 12.1 Å². The molecule has 11 nitrogen and oxygen atoms in total. The van der Waals surface area contributed by atoms with Crippen molar-refractivity contribution in [3.8, 4) is 28.7 Å². The van der Waals surface area contributed by atoms with Crippen LogP contribution < -0.4 is 29.0 Å². The van der Waals surface area contributed by atoms with E-state index in [1.807, 2.05) is 68.7 Å². The number of rotatable bonds is 12. The molecule has 0 unspecified atom stereocenters. The van der Waals surface area contributed by atoms with Gasteiger partial charge in [0, 0.05) is 24.9 Å². The van der Waals surface area contributed by atoms with Gasteiger partial charge in [0.15, 0.2) is 23.0 Å². The minimum absolute atomic E-state index is 0.0563. The molecule has 1 aliphatic carbocycles. The Balaban J connectivity index is 1.33. The fourth-order valence-corrected chi connectivity index (χ4v) is 6.76. The second-order valence-electron chi connectivity index (χ2n) is 12.0. The number of hydrogen-bond acceptors (Lipinski definition) is 11. The Kier molecular flexibility index (Phi) is 9.51. The highest BCUT2D eigenvalue weighted by Crippen LogP contribution is 2.57. The molecule has 3 aromatic rings. The lowest BCUT2D eigenvalue weighted by Gasteiger charge is -2.39. The third-order valence-corrected chi connectivity index (χ3v) is 8.92. The minimum atomic E-state index is -0.888. The first-order valence-corrected chi connectivity index (χ1v) is 15.5. The summed E-state index contributed by atoms with van der Waals surface area (Å²) in [7, 11) is 7.08. The molecule has 2 aliphatic heterocycles. The van der Waals surface area contributed by atoms with Crippen LogP contribution >= 0.6 is 0 Å². The van der Waals surface area contributed by atoms with Crippen LogP contribution in [0.3, 0.4) is 0 Å².